The minimum Gasteiger partial charge on any atom is -0.465 e. The highest BCUT2D eigenvalue weighted by molar-refractivity contribution is 5.90. The van der Waals surface area contributed by atoms with E-state index in [1.165, 1.54) is 13.4 Å². The number of anilines is 3. The Bertz CT molecular complexity index is 616. The van der Waals surface area contributed by atoms with Gasteiger partial charge in [-0.25, -0.2) is 14.8 Å². The van der Waals surface area contributed by atoms with E-state index in [-0.39, 0.29) is 5.97 Å². The molecular formula is C15H18N4O2. The summed E-state index contributed by atoms with van der Waals surface area (Å²) in [7, 11) is 1.36. The van der Waals surface area contributed by atoms with Crippen molar-refractivity contribution in [3.63, 3.8) is 0 Å². The number of ether oxygens (including phenoxy) is 1. The fourth-order valence-corrected chi connectivity index (χ4v) is 1.77. The molecule has 0 saturated heterocycles. The molecule has 0 atom stereocenters. The average Bonchev–Trinajstić information content (AvgIpc) is 2.53. The molecule has 1 aromatic heterocycles. The van der Waals surface area contributed by atoms with Gasteiger partial charge in [0.15, 0.2) is 0 Å². The molecule has 110 valence electrons. The molecule has 1 heterocycles. The van der Waals surface area contributed by atoms with Crippen LogP contribution in [0.25, 0.3) is 0 Å². The van der Waals surface area contributed by atoms with Crippen molar-refractivity contribution in [1.82, 2.24) is 9.97 Å². The zero-order valence-electron chi connectivity index (χ0n) is 12.1. The molecule has 0 amide bonds. The second-order valence-electron chi connectivity index (χ2n) is 4.41. The predicted octanol–water partition coefficient (Wildman–Crippen LogP) is 2.83. The number of benzene rings is 1. The molecule has 0 aliphatic heterocycles. The summed E-state index contributed by atoms with van der Waals surface area (Å²) in [5.41, 5.74) is 1.25. The van der Waals surface area contributed by atoms with Crippen molar-refractivity contribution in [2.45, 2.75) is 13.3 Å². The van der Waals surface area contributed by atoms with Gasteiger partial charge in [-0.3, -0.25) is 0 Å². The van der Waals surface area contributed by atoms with E-state index < -0.39 is 0 Å². The van der Waals surface area contributed by atoms with Gasteiger partial charge in [-0.2, -0.15) is 0 Å². The summed E-state index contributed by atoms with van der Waals surface area (Å²) in [6.45, 7) is 2.94. The number of hydrogen-bond acceptors (Lipinski definition) is 6. The molecule has 2 N–H and O–H groups in total. The molecule has 21 heavy (non-hydrogen) atoms. The largest absolute Gasteiger partial charge is 0.465 e. The molecular weight excluding hydrogens is 268 g/mol. The van der Waals surface area contributed by atoms with Crippen molar-refractivity contribution < 1.29 is 9.53 Å². The van der Waals surface area contributed by atoms with E-state index in [0.717, 1.165) is 24.5 Å². The lowest BCUT2D eigenvalue weighted by atomic mass is 10.2. The van der Waals surface area contributed by atoms with Gasteiger partial charge < -0.3 is 15.4 Å². The van der Waals surface area contributed by atoms with Crippen LogP contribution in [0, 0.1) is 0 Å². The first-order valence-electron chi connectivity index (χ1n) is 6.74. The molecule has 6 nitrogen and oxygen atoms in total. The quantitative estimate of drug-likeness (QED) is 0.795. The minimum atomic E-state index is -0.369. The van der Waals surface area contributed by atoms with Gasteiger partial charge in [-0.05, 0) is 24.6 Å². The van der Waals surface area contributed by atoms with Crippen LogP contribution in [0.15, 0.2) is 36.7 Å². The normalized spacial score (nSPS) is 10.0. The number of aromatic nitrogens is 2. The maximum absolute atomic E-state index is 11.5. The van der Waals surface area contributed by atoms with Crippen LogP contribution in [0.4, 0.5) is 17.3 Å². The number of esters is 1. The fourth-order valence-electron chi connectivity index (χ4n) is 1.77. The van der Waals surface area contributed by atoms with Gasteiger partial charge in [0.2, 0.25) is 0 Å². The molecule has 0 aliphatic carbocycles. The molecule has 2 aromatic rings. The monoisotopic (exact) mass is 286 g/mol. The third-order valence-electron chi connectivity index (χ3n) is 2.78. The number of hydrogen-bond donors (Lipinski definition) is 2. The second-order valence-corrected chi connectivity index (χ2v) is 4.41. The Morgan fingerprint density at radius 2 is 2.05 bits per heavy atom. The first-order chi connectivity index (χ1) is 10.2. The molecule has 0 unspecified atom stereocenters. The number of carbonyl (C=O) groups is 1. The van der Waals surface area contributed by atoms with Gasteiger partial charge >= 0.3 is 5.97 Å². The molecule has 0 aliphatic rings. The summed E-state index contributed by atoms with van der Waals surface area (Å²) in [6.07, 6.45) is 2.51. The molecule has 0 saturated carbocycles. The van der Waals surface area contributed by atoms with E-state index in [9.17, 15) is 4.79 Å². The van der Waals surface area contributed by atoms with E-state index in [2.05, 4.69) is 27.5 Å². The van der Waals surface area contributed by atoms with Gasteiger partial charge in [0.05, 0.1) is 12.7 Å². The van der Waals surface area contributed by atoms with E-state index in [1.54, 1.807) is 18.2 Å². The van der Waals surface area contributed by atoms with Crippen LogP contribution in [0.1, 0.15) is 23.7 Å². The van der Waals surface area contributed by atoms with Crippen molar-refractivity contribution in [3.8, 4) is 0 Å². The minimum absolute atomic E-state index is 0.369. The lowest BCUT2D eigenvalue weighted by molar-refractivity contribution is 0.0601. The smallest absolute Gasteiger partial charge is 0.337 e. The molecule has 6 heteroatoms. The summed E-state index contributed by atoms with van der Waals surface area (Å²) in [6, 6.07) is 8.87. The van der Waals surface area contributed by atoms with Crippen molar-refractivity contribution in [2.24, 2.45) is 0 Å². The Kier molecular flexibility index (Phi) is 5.09. The standard InChI is InChI=1S/C15H18N4O2/c1-3-7-16-13-9-14(18-10-17-13)19-12-6-4-5-11(8-12)15(20)21-2/h4-6,8-10H,3,7H2,1-2H3,(H2,16,17,18,19). The van der Waals surface area contributed by atoms with Crippen LogP contribution >= 0.6 is 0 Å². The maximum Gasteiger partial charge on any atom is 0.337 e. The summed E-state index contributed by atoms with van der Waals surface area (Å²) < 4.78 is 4.70. The molecule has 2 rings (SSSR count). The number of carbonyl (C=O) groups excluding carboxylic acids is 1. The summed E-state index contributed by atoms with van der Waals surface area (Å²) >= 11 is 0. The lowest BCUT2D eigenvalue weighted by Gasteiger charge is -2.09. The van der Waals surface area contributed by atoms with Crippen LogP contribution in [-0.4, -0.2) is 29.6 Å². The van der Waals surface area contributed by atoms with E-state index in [4.69, 9.17) is 4.74 Å². The number of nitrogens with one attached hydrogen (secondary N) is 2. The number of methoxy groups -OCH3 is 1. The molecule has 0 fully saturated rings. The summed E-state index contributed by atoms with van der Waals surface area (Å²) in [5.74, 6) is 1.05. The van der Waals surface area contributed by atoms with Crippen LogP contribution < -0.4 is 10.6 Å². The van der Waals surface area contributed by atoms with Gasteiger partial charge in [0, 0.05) is 18.3 Å². The fraction of sp³-hybridized carbons (Fsp3) is 0.267. The third kappa shape index (κ3) is 4.17. The zero-order valence-corrected chi connectivity index (χ0v) is 12.1. The lowest BCUT2D eigenvalue weighted by Crippen LogP contribution is -2.04. The molecule has 0 bridgehead atoms. The van der Waals surface area contributed by atoms with E-state index in [1.807, 2.05) is 12.1 Å². The van der Waals surface area contributed by atoms with E-state index in [0.29, 0.717) is 11.4 Å². The molecule has 1 aromatic carbocycles. The maximum atomic E-state index is 11.5. The Morgan fingerprint density at radius 1 is 1.24 bits per heavy atom. The highest BCUT2D eigenvalue weighted by Crippen LogP contribution is 2.18. The van der Waals surface area contributed by atoms with Crippen molar-refractivity contribution in [1.29, 1.82) is 0 Å². The van der Waals surface area contributed by atoms with Crippen molar-refractivity contribution in [2.75, 3.05) is 24.3 Å². The van der Waals surface area contributed by atoms with Crippen molar-refractivity contribution in [3.05, 3.63) is 42.2 Å². The first kappa shape index (κ1) is 14.8. The summed E-state index contributed by atoms with van der Waals surface area (Å²) in [5, 5.41) is 6.34. The summed E-state index contributed by atoms with van der Waals surface area (Å²) in [4.78, 5) is 19.8. The highest BCUT2D eigenvalue weighted by atomic mass is 16.5. The highest BCUT2D eigenvalue weighted by Gasteiger charge is 2.06. The Balaban J connectivity index is 2.12. The average molecular weight is 286 g/mol. The Hall–Kier alpha value is -2.63. The first-order valence-corrected chi connectivity index (χ1v) is 6.74. The van der Waals surface area contributed by atoms with Gasteiger partial charge in [0.1, 0.15) is 18.0 Å². The van der Waals surface area contributed by atoms with Gasteiger partial charge in [-0.15, -0.1) is 0 Å². The Morgan fingerprint density at radius 3 is 2.81 bits per heavy atom. The van der Waals surface area contributed by atoms with Crippen LogP contribution in [0.2, 0.25) is 0 Å². The van der Waals surface area contributed by atoms with Gasteiger partial charge in [0.25, 0.3) is 0 Å². The third-order valence-corrected chi connectivity index (χ3v) is 2.78. The number of rotatable bonds is 6. The van der Waals surface area contributed by atoms with E-state index >= 15 is 0 Å². The predicted molar refractivity (Wildman–Crippen MR) is 81.9 cm³/mol. The topological polar surface area (TPSA) is 76.1 Å². The van der Waals surface area contributed by atoms with Crippen LogP contribution in [0.5, 0.6) is 0 Å². The molecule has 0 spiro atoms. The SMILES string of the molecule is CCCNc1cc(Nc2cccc(C(=O)OC)c2)ncn1. The number of nitrogens with zero attached hydrogens (tertiary/aromatic N) is 2. The molecule has 0 radical (unpaired) electrons. The van der Waals surface area contributed by atoms with Crippen LogP contribution in [0.3, 0.4) is 0 Å². The van der Waals surface area contributed by atoms with Crippen LogP contribution in [-0.2, 0) is 4.74 Å². The zero-order chi connectivity index (χ0) is 15.1. The Labute approximate surface area is 123 Å². The second kappa shape index (κ2) is 7.23. The van der Waals surface area contributed by atoms with Gasteiger partial charge in [-0.1, -0.05) is 13.0 Å². The van der Waals surface area contributed by atoms with Crippen molar-refractivity contribution >= 4 is 23.3 Å².